The van der Waals surface area contributed by atoms with Crippen LogP contribution in [0, 0.1) is 0 Å². The molecular formula is C46H30O. The van der Waals surface area contributed by atoms with E-state index in [0.29, 0.717) is 0 Å². The van der Waals surface area contributed by atoms with Gasteiger partial charge in [0.15, 0.2) is 0 Å². The van der Waals surface area contributed by atoms with Gasteiger partial charge in [-0.25, -0.2) is 0 Å². The van der Waals surface area contributed by atoms with Crippen molar-refractivity contribution in [1.29, 1.82) is 0 Å². The van der Waals surface area contributed by atoms with Crippen LogP contribution in [-0.2, 0) is 0 Å². The highest BCUT2D eigenvalue weighted by molar-refractivity contribution is 6.25. The van der Waals surface area contributed by atoms with E-state index in [1.54, 1.807) is 0 Å². The molecule has 0 unspecified atom stereocenters. The van der Waals surface area contributed by atoms with Gasteiger partial charge in [-0.15, -0.1) is 0 Å². The summed E-state index contributed by atoms with van der Waals surface area (Å²) in [5.41, 5.74) is -4.99. The summed E-state index contributed by atoms with van der Waals surface area (Å²) in [5, 5.41) is -3.13. The fourth-order valence-corrected chi connectivity index (χ4v) is 5.56. The van der Waals surface area contributed by atoms with E-state index in [1.807, 2.05) is 0 Å². The summed E-state index contributed by atoms with van der Waals surface area (Å²) >= 11 is 0. The van der Waals surface area contributed by atoms with E-state index in [4.69, 9.17) is 30.5 Å². The van der Waals surface area contributed by atoms with E-state index in [1.165, 1.54) is 24.3 Å². The Morgan fingerprint density at radius 2 is 0.851 bits per heavy atom. The highest BCUT2D eigenvalue weighted by atomic mass is 16.3. The van der Waals surface area contributed by atoms with Gasteiger partial charge in [-0.2, -0.15) is 0 Å². The molecule has 0 aliphatic heterocycles. The lowest BCUT2D eigenvalue weighted by atomic mass is 9.84. The summed E-state index contributed by atoms with van der Waals surface area (Å²) in [7, 11) is 0. The molecule has 0 fully saturated rings. The maximum absolute atomic E-state index is 9.69. The van der Waals surface area contributed by atoms with Crippen LogP contribution in [0.15, 0.2) is 186 Å². The van der Waals surface area contributed by atoms with Gasteiger partial charge in [0.2, 0.25) is 0 Å². The number of rotatable bonds is 5. The predicted molar refractivity (Wildman–Crippen MR) is 198 cm³/mol. The topological polar surface area (TPSA) is 13.1 Å². The average Bonchev–Trinajstić information content (AvgIpc) is 3.78. The molecule has 220 valence electrons. The van der Waals surface area contributed by atoms with Crippen molar-refractivity contribution in [3.05, 3.63) is 181 Å². The zero-order chi connectivity index (χ0) is 53.8. The number of hydrogen-bond acceptors (Lipinski definition) is 1. The molecular weight excluding hydrogens is 569 g/mol. The van der Waals surface area contributed by atoms with Crippen LogP contribution < -0.4 is 0 Å². The summed E-state index contributed by atoms with van der Waals surface area (Å²) in [6, 6.07) is -17.0. The first kappa shape index (κ1) is 11.6. The zero-order valence-corrected chi connectivity index (χ0v) is 23.7. The summed E-state index contributed by atoms with van der Waals surface area (Å²) in [5.74, 6) is -0.498. The molecule has 0 saturated heterocycles. The molecule has 0 atom stereocenters. The van der Waals surface area contributed by atoms with Gasteiger partial charge < -0.3 is 4.42 Å². The lowest BCUT2D eigenvalue weighted by molar-refractivity contribution is 0.632. The Kier molecular flexibility index (Phi) is 2.78. The molecule has 0 amide bonds. The first-order valence-electron chi connectivity index (χ1n) is 27.0. The van der Waals surface area contributed by atoms with Crippen molar-refractivity contribution in [1.82, 2.24) is 0 Å². The van der Waals surface area contributed by atoms with Gasteiger partial charge in [-0.1, -0.05) is 163 Å². The van der Waals surface area contributed by atoms with Gasteiger partial charge in [0.25, 0.3) is 0 Å². The highest BCUT2D eigenvalue weighted by Crippen LogP contribution is 2.50. The normalized spacial score (nSPS) is 19.1. The van der Waals surface area contributed by atoms with Crippen molar-refractivity contribution in [3.8, 4) is 55.8 Å². The van der Waals surface area contributed by atoms with Crippen molar-refractivity contribution in [2.45, 2.75) is 0 Å². The predicted octanol–water partition coefficient (Wildman–Crippen LogP) is 13.1. The molecule has 1 nitrogen and oxygen atoms in total. The van der Waals surface area contributed by atoms with Gasteiger partial charge in [0, 0.05) is 22.1 Å². The highest BCUT2D eigenvalue weighted by Gasteiger charge is 2.24. The summed E-state index contributed by atoms with van der Waals surface area (Å²) < 4.78 is 237. The van der Waals surface area contributed by atoms with Crippen LogP contribution in [-0.4, -0.2) is 0 Å². The molecule has 9 rings (SSSR count). The van der Waals surface area contributed by atoms with Crippen LogP contribution in [0.5, 0.6) is 0 Å². The molecule has 0 bridgehead atoms. The first-order chi connectivity index (χ1) is 34.1. The quantitative estimate of drug-likeness (QED) is 0.174. The minimum Gasteiger partial charge on any atom is -0.455 e. The Bertz CT molecular complexity index is 3880. The van der Waals surface area contributed by atoms with Gasteiger partial charge >= 0.3 is 0 Å². The molecule has 9 aromatic rings. The van der Waals surface area contributed by atoms with E-state index < -0.39 is 229 Å². The monoisotopic (exact) mass is 624 g/mol. The minimum atomic E-state index is -0.944. The van der Waals surface area contributed by atoms with Crippen molar-refractivity contribution in [2.24, 2.45) is 0 Å². The van der Waals surface area contributed by atoms with Crippen LogP contribution in [0.3, 0.4) is 0 Å². The maximum atomic E-state index is 9.69. The third kappa shape index (κ3) is 4.64. The summed E-state index contributed by atoms with van der Waals surface area (Å²) in [4.78, 5) is 0. The van der Waals surface area contributed by atoms with Crippen molar-refractivity contribution >= 4 is 32.5 Å². The fraction of sp³-hybridized carbons (Fsp3) is 0. The molecule has 8 aromatic carbocycles. The first-order valence-corrected chi connectivity index (χ1v) is 14.0. The van der Waals surface area contributed by atoms with Crippen molar-refractivity contribution in [3.63, 3.8) is 0 Å². The van der Waals surface area contributed by atoms with Gasteiger partial charge in [0.1, 0.15) is 11.3 Å². The second-order valence-corrected chi connectivity index (χ2v) is 10.1. The standard InChI is InChI=1S/C46H30O/c1-4-15-31(16-5-1)34-21-14-22-36(29-34)46-45(41-28-27-35(30-42(41)47-46)32-17-6-2-7-18-32)44-39-25-12-10-23-37(39)43(33-19-8-3-9-20-33)38-24-11-13-26-40(38)44/h1-30H/i1D,2D,3D,4D,5D,6D,7D,8D,9D,10D,11D,12D,13D,15D,16D,17D,18D,19D,20D,23D,24D,25D,26D,27D,28D,30D. The van der Waals surface area contributed by atoms with Crippen LogP contribution >= 0.6 is 0 Å². The van der Waals surface area contributed by atoms with Crippen LogP contribution in [0.4, 0.5) is 0 Å². The molecule has 0 aliphatic rings. The number of hydrogen-bond donors (Lipinski definition) is 0. The third-order valence-electron chi connectivity index (χ3n) is 7.50. The van der Waals surface area contributed by atoms with Gasteiger partial charge in [0.05, 0.1) is 35.6 Å². The Morgan fingerprint density at radius 1 is 0.362 bits per heavy atom. The van der Waals surface area contributed by atoms with Crippen LogP contribution in [0.25, 0.3) is 88.3 Å². The fourth-order valence-electron chi connectivity index (χ4n) is 5.56. The lowest BCUT2D eigenvalue weighted by Gasteiger charge is -2.18. The Labute approximate surface area is 310 Å². The molecule has 47 heavy (non-hydrogen) atoms. The van der Waals surface area contributed by atoms with E-state index in [9.17, 15) is 9.60 Å². The Balaban J connectivity index is 1.62. The van der Waals surface area contributed by atoms with E-state index in [-0.39, 0.29) is 16.7 Å². The number of fused-ring (bicyclic) bond motifs is 3. The molecule has 0 N–H and O–H groups in total. The van der Waals surface area contributed by atoms with Crippen molar-refractivity contribution in [2.75, 3.05) is 0 Å². The molecule has 1 heteroatoms. The largest absolute Gasteiger partial charge is 0.455 e. The van der Waals surface area contributed by atoms with E-state index >= 15 is 0 Å². The molecule has 0 radical (unpaired) electrons. The molecule has 0 aliphatic carbocycles. The smallest absolute Gasteiger partial charge is 0.143 e. The molecule has 0 saturated carbocycles. The molecule has 1 aromatic heterocycles. The Hall–Kier alpha value is -6.18. The average molecular weight is 625 g/mol. The van der Waals surface area contributed by atoms with E-state index in [2.05, 4.69) is 0 Å². The molecule has 1 heterocycles. The van der Waals surface area contributed by atoms with Gasteiger partial charge in [-0.3, -0.25) is 0 Å². The van der Waals surface area contributed by atoms with Crippen LogP contribution in [0.1, 0.15) is 35.6 Å². The SMILES string of the molecule is [2H]c1c([2H])c([2H])c(-c2cccc(-c3oc4c([2H])c(-c5c([2H])c([2H])c([2H])c([2H])c5[2H])c([2H])c([2H])c4c3-c3c4c([2H])c([2H])c([2H])c([2H])c4c(-c4c([2H])c([2H])c([2H])c([2H])c4[2H])c4c([2H])c([2H])c([2H])c([2H])c34)c2)c([2H])c1[2H]. The van der Waals surface area contributed by atoms with Crippen molar-refractivity contribution < 1.29 is 40.1 Å². The minimum absolute atomic E-state index is 0.0471. The van der Waals surface area contributed by atoms with Gasteiger partial charge in [-0.05, 0) is 73.1 Å². The second kappa shape index (κ2) is 11.3. The summed E-state index contributed by atoms with van der Waals surface area (Å²) in [6.07, 6.45) is 0. The number of benzene rings is 8. The summed E-state index contributed by atoms with van der Waals surface area (Å²) in [6.45, 7) is 0. The molecule has 0 spiro atoms. The third-order valence-corrected chi connectivity index (χ3v) is 7.50. The Morgan fingerprint density at radius 3 is 1.45 bits per heavy atom. The maximum Gasteiger partial charge on any atom is 0.143 e. The second-order valence-electron chi connectivity index (χ2n) is 10.1. The van der Waals surface area contributed by atoms with E-state index in [0.717, 1.165) is 0 Å². The number of furan rings is 1. The van der Waals surface area contributed by atoms with Crippen LogP contribution in [0.2, 0.25) is 0 Å². The zero-order valence-electron chi connectivity index (χ0n) is 49.7. The lowest BCUT2D eigenvalue weighted by Crippen LogP contribution is -1.91.